The Morgan fingerprint density at radius 1 is 1.27 bits per heavy atom. The molecule has 0 nitrogen and oxygen atoms in total. The molecule has 0 radical (unpaired) electrons. The molecule has 0 fully saturated rings. The van der Waals surface area contributed by atoms with E-state index in [2.05, 4.69) is 36.9 Å². The summed E-state index contributed by atoms with van der Waals surface area (Å²) in [5, 5.41) is 3.74. The summed E-state index contributed by atoms with van der Waals surface area (Å²) in [5.41, 5.74) is 1.35. The van der Waals surface area contributed by atoms with Crippen LogP contribution in [0.15, 0.2) is 41.1 Å². The molecule has 0 bridgehead atoms. The van der Waals surface area contributed by atoms with E-state index in [-0.39, 0.29) is 0 Å². The van der Waals surface area contributed by atoms with Crippen LogP contribution in [0.4, 0.5) is 0 Å². The van der Waals surface area contributed by atoms with Crippen molar-refractivity contribution in [2.45, 2.75) is 5.75 Å². The van der Waals surface area contributed by atoms with E-state index >= 15 is 0 Å². The molecule has 2 heteroatoms. The second-order valence-corrected chi connectivity index (χ2v) is 3.27. The van der Waals surface area contributed by atoms with Gasteiger partial charge in [-0.05, 0) is 16.4 Å². The largest absolute Gasteiger partial charge is 0.151 e. The van der Waals surface area contributed by atoms with Crippen LogP contribution in [0.5, 0.6) is 0 Å². The molecule has 0 heterocycles. The van der Waals surface area contributed by atoms with Gasteiger partial charge in [0, 0.05) is 5.75 Å². The van der Waals surface area contributed by atoms with Crippen LogP contribution in [-0.4, -0.2) is 0 Å². The van der Waals surface area contributed by atoms with Crippen molar-refractivity contribution in [1.29, 1.82) is 0 Å². The smallest absolute Gasteiger partial charge is 0.0226 e. The van der Waals surface area contributed by atoms with Crippen LogP contribution in [0.1, 0.15) is 5.56 Å². The van der Waals surface area contributed by atoms with Crippen molar-refractivity contribution >= 4 is 24.4 Å². The molecule has 0 saturated carbocycles. The molecule has 0 aliphatic heterocycles. The second-order valence-electron chi connectivity index (χ2n) is 2.08. The molecule has 58 valence electrons. The van der Waals surface area contributed by atoms with Gasteiger partial charge < -0.3 is 0 Å². The maximum atomic E-state index is 3.97. The van der Waals surface area contributed by atoms with Crippen LogP contribution in [0.25, 0.3) is 0 Å². The lowest BCUT2D eigenvalue weighted by molar-refractivity contribution is 1.42. The zero-order valence-electron chi connectivity index (χ0n) is 6.10. The molecular weight excluding hydrogens is 172 g/mol. The molecule has 0 aliphatic carbocycles. The number of rotatable bonds is 3. The molecular formula is C9H10S2. The monoisotopic (exact) mass is 182 g/mol. The SMILES string of the molecule is S/C=C/SCc1ccccc1. The van der Waals surface area contributed by atoms with E-state index in [0.29, 0.717) is 0 Å². The molecule has 0 spiro atoms. The van der Waals surface area contributed by atoms with Crippen molar-refractivity contribution in [2.24, 2.45) is 0 Å². The van der Waals surface area contributed by atoms with Gasteiger partial charge in [0.15, 0.2) is 0 Å². The van der Waals surface area contributed by atoms with Crippen molar-refractivity contribution in [2.75, 3.05) is 0 Å². The average Bonchev–Trinajstić information content (AvgIpc) is 2.07. The fraction of sp³-hybridized carbons (Fsp3) is 0.111. The Bertz CT molecular complexity index is 216. The first-order chi connectivity index (χ1) is 5.43. The van der Waals surface area contributed by atoms with Gasteiger partial charge in [0.05, 0.1) is 0 Å². The minimum absolute atomic E-state index is 1.03. The summed E-state index contributed by atoms with van der Waals surface area (Å²) < 4.78 is 0. The predicted octanol–water partition coefficient (Wildman–Crippen LogP) is 3.32. The van der Waals surface area contributed by atoms with Crippen LogP contribution in [0.2, 0.25) is 0 Å². The summed E-state index contributed by atoms with van der Waals surface area (Å²) in [5.74, 6) is 1.03. The number of benzene rings is 1. The highest BCUT2D eigenvalue weighted by atomic mass is 32.2. The molecule has 1 aromatic carbocycles. The van der Waals surface area contributed by atoms with Crippen LogP contribution < -0.4 is 0 Å². The lowest BCUT2D eigenvalue weighted by atomic mass is 10.2. The van der Waals surface area contributed by atoms with E-state index in [1.807, 2.05) is 11.5 Å². The Balaban J connectivity index is 2.39. The molecule has 0 aliphatic rings. The van der Waals surface area contributed by atoms with Gasteiger partial charge in [-0.15, -0.1) is 11.8 Å². The highest BCUT2D eigenvalue weighted by molar-refractivity contribution is 8.02. The van der Waals surface area contributed by atoms with Crippen molar-refractivity contribution in [1.82, 2.24) is 0 Å². The minimum Gasteiger partial charge on any atom is -0.151 e. The van der Waals surface area contributed by atoms with Gasteiger partial charge in [-0.1, -0.05) is 30.3 Å². The van der Waals surface area contributed by atoms with Gasteiger partial charge in [0.2, 0.25) is 0 Å². The van der Waals surface area contributed by atoms with Crippen molar-refractivity contribution in [3.63, 3.8) is 0 Å². The third kappa shape index (κ3) is 3.54. The maximum Gasteiger partial charge on any atom is 0.0226 e. The molecule has 0 amide bonds. The van der Waals surface area contributed by atoms with Gasteiger partial charge in [0.1, 0.15) is 0 Å². The van der Waals surface area contributed by atoms with E-state index in [9.17, 15) is 0 Å². The second kappa shape index (κ2) is 5.33. The molecule has 1 rings (SSSR count). The number of thioether (sulfide) groups is 1. The highest BCUT2D eigenvalue weighted by Gasteiger charge is 1.86. The van der Waals surface area contributed by atoms with E-state index in [1.165, 1.54) is 5.56 Å². The first-order valence-electron chi connectivity index (χ1n) is 3.38. The lowest BCUT2D eigenvalue weighted by Crippen LogP contribution is -1.74. The Morgan fingerprint density at radius 2 is 2.00 bits per heavy atom. The normalized spacial score (nSPS) is 10.6. The fourth-order valence-electron chi connectivity index (χ4n) is 0.762. The Morgan fingerprint density at radius 3 is 2.64 bits per heavy atom. The van der Waals surface area contributed by atoms with Gasteiger partial charge >= 0.3 is 0 Å². The topological polar surface area (TPSA) is 0 Å². The summed E-state index contributed by atoms with van der Waals surface area (Å²) in [6, 6.07) is 10.4. The van der Waals surface area contributed by atoms with E-state index < -0.39 is 0 Å². The molecule has 0 N–H and O–H groups in total. The Labute approximate surface area is 77.1 Å². The van der Waals surface area contributed by atoms with E-state index in [0.717, 1.165) is 5.75 Å². The average molecular weight is 182 g/mol. The molecule has 1 aromatic rings. The quantitative estimate of drug-likeness (QED) is 0.700. The van der Waals surface area contributed by atoms with Gasteiger partial charge in [-0.2, -0.15) is 12.6 Å². The third-order valence-corrected chi connectivity index (χ3v) is 2.43. The zero-order chi connectivity index (χ0) is 7.94. The van der Waals surface area contributed by atoms with Crippen LogP contribution >= 0.6 is 24.4 Å². The van der Waals surface area contributed by atoms with Crippen LogP contribution in [0.3, 0.4) is 0 Å². The summed E-state index contributed by atoms with van der Waals surface area (Å²) in [6.45, 7) is 0. The van der Waals surface area contributed by atoms with Crippen molar-refractivity contribution in [3.8, 4) is 0 Å². The summed E-state index contributed by atoms with van der Waals surface area (Å²) in [6.07, 6.45) is 0. The summed E-state index contributed by atoms with van der Waals surface area (Å²) >= 11 is 5.72. The maximum absolute atomic E-state index is 3.97. The van der Waals surface area contributed by atoms with E-state index in [4.69, 9.17) is 0 Å². The van der Waals surface area contributed by atoms with Crippen molar-refractivity contribution < 1.29 is 0 Å². The third-order valence-electron chi connectivity index (χ3n) is 1.25. The summed E-state index contributed by atoms with van der Waals surface area (Å²) in [4.78, 5) is 0. The van der Waals surface area contributed by atoms with Crippen molar-refractivity contribution in [3.05, 3.63) is 46.7 Å². The highest BCUT2D eigenvalue weighted by Crippen LogP contribution is 2.12. The Hall–Kier alpha value is -0.340. The molecule has 0 atom stereocenters. The molecule has 0 aromatic heterocycles. The number of hydrogen-bond acceptors (Lipinski definition) is 2. The zero-order valence-corrected chi connectivity index (χ0v) is 7.81. The predicted molar refractivity (Wildman–Crippen MR) is 55.9 cm³/mol. The molecule has 0 saturated heterocycles. The minimum atomic E-state index is 1.03. The van der Waals surface area contributed by atoms with Gasteiger partial charge in [0.25, 0.3) is 0 Å². The summed E-state index contributed by atoms with van der Waals surface area (Å²) in [7, 11) is 0. The lowest BCUT2D eigenvalue weighted by Gasteiger charge is -1.94. The number of hydrogen-bond donors (Lipinski definition) is 1. The van der Waals surface area contributed by atoms with Gasteiger partial charge in [-0.3, -0.25) is 0 Å². The first kappa shape index (κ1) is 8.75. The first-order valence-corrected chi connectivity index (χ1v) is 4.95. The Kier molecular flexibility index (Phi) is 4.24. The number of thiol groups is 1. The molecule has 11 heavy (non-hydrogen) atoms. The standard InChI is InChI=1S/C9H10S2/c10-6-7-11-8-9-4-2-1-3-5-9/h1-7,10H,8H2/b7-6+. The van der Waals surface area contributed by atoms with E-state index in [1.54, 1.807) is 17.2 Å². The van der Waals surface area contributed by atoms with Crippen LogP contribution in [-0.2, 0) is 5.75 Å². The van der Waals surface area contributed by atoms with Gasteiger partial charge in [-0.25, -0.2) is 0 Å². The fourth-order valence-corrected chi connectivity index (χ4v) is 1.59. The molecule has 0 unspecified atom stereocenters. The van der Waals surface area contributed by atoms with Crippen LogP contribution in [0, 0.1) is 0 Å².